The van der Waals surface area contributed by atoms with Gasteiger partial charge in [-0.3, -0.25) is 4.79 Å². The Kier molecular flexibility index (Phi) is 6.01. The highest BCUT2D eigenvalue weighted by Gasteiger charge is 2.09. The molecule has 5 heteroatoms. The second-order valence-corrected chi connectivity index (χ2v) is 6.79. The Labute approximate surface area is 160 Å². The van der Waals surface area contributed by atoms with Gasteiger partial charge in [0.05, 0.1) is 6.61 Å². The van der Waals surface area contributed by atoms with Crippen molar-refractivity contribution in [1.82, 2.24) is 10.3 Å². The molecule has 3 rings (SSSR count). The summed E-state index contributed by atoms with van der Waals surface area (Å²) in [5, 5.41) is 3.99. The zero-order valence-corrected chi connectivity index (χ0v) is 16.2. The second kappa shape index (κ2) is 8.62. The van der Waals surface area contributed by atoms with Crippen LogP contribution in [0.25, 0.3) is 10.9 Å². The maximum absolute atomic E-state index is 12.4. The summed E-state index contributed by atoms with van der Waals surface area (Å²) in [6.45, 7) is 3.22. The summed E-state index contributed by atoms with van der Waals surface area (Å²) in [5.74, 6) is 0.728. The molecule has 2 aromatic carbocycles. The standard InChI is InChI=1S/C22H27N3O2/c1-4-27-19-12-9-17-14-21(24-20(17)15-19)22(26)23-13-5-6-16-7-10-18(11-8-16)25(2)3/h7-12,14-15,24H,4-6,13H2,1-3H3,(H,23,26). The number of aromatic nitrogens is 1. The molecule has 3 aromatic rings. The molecule has 0 aliphatic rings. The predicted octanol–water partition coefficient (Wildman–Crippen LogP) is 4.00. The summed E-state index contributed by atoms with van der Waals surface area (Å²) in [6.07, 6.45) is 1.85. The van der Waals surface area contributed by atoms with Crippen molar-refractivity contribution in [2.24, 2.45) is 0 Å². The molecule has 27 heavy (non-hydrogen) atoms. The Morgan fingerprint density at radius 2 is 1.89 bits per heavy atom. The summed E-state index contributed by atoms with van der Waals surface area (Å²) in [7, 11) is 4.07. The van der Waals surface area contributed by atoms with E-state index < -0.39 is 0 Å². The molecule has 0 aliphatic carbocycles. The number of amides is 1. The van der Waals surface area contributed by atoms with Crippen LogP contribution < -0.4 is 15.0 Å². The fourth-order valence-electron chi connectivity index (χ4n) is 3.04. The van der Waals surface area contributed by atoms with Gasteiger partial charge >= 0.3 is 0 Å². The largest absolute Gasteiger partial charge is 0.494 e. The number of aromatic amines is 1. The Balaban J connectivity index is 1.51. The zero-order valence-electron chi connectivity index (χ0n) is 16.2. The number of carbonyl (C=O) groups is 1. The number of nitrogens with zero attached hydrogens (tertiary/aromatic N) is 1. The van der Waals surface area contributed by atoms with Crippen molar-refractivity contribution >= 4 is 22.5 Å². The SMILES string of the molecule is CCOc1ccc2cc(C(=O)NCCCc3ccc(N(C)C)cc3)[nH]c2c1. The van der Waals surface area contributed by atoms with Crippen LogP contribution in [0.3, 0.4) is 0 Å². The quantitative estimate of drug-likeness (QED) is 0.593. The highest BCUT2D eigenvalue weighted by Crippen LogP contribution is 2.21. The van der Waals surface area contributed by atoms with Crippen LogP contribution >= 0.6 is 0 Å². The highest BCUT2D eigenvalue weighted by molar-refractivity contribution is 5.98. The fourth-order valence-corrected chi connectivity index (χ4v) is 3.04. The third kappa shape index (κ3) is 4.82. The van der Waals surface area contributed by atoms with Crippen LogP contribution in [0.15, 0.2) is 48.5 Å². The van der Waals surface area contributed by atoms with E-state index in [-0.39, 0.29) is 5.91 Å². The molecule has 1 heterocycles. The summed E-state index contributed by atoms with van der Waals surface area (Å²) in [4.78, 5) is 17.6. The van der Waals surface area contributed by atoms with E-state index in [4.69, 9.17) is 4.74 Å². The van der Waals surface area contributed by atoms with Crippen LogP contribution in [0.1, 0.15) is 29.4 Å². The second-order valence-electron chi connectivity index (χ2n) is 6.79. The third-order valence-electron chi connectivity index (χ3n) is 4.53. The average Bonchev–Trinajstić information content (AvgIpc) is 3.09. The van der Waals surface area contributed by atoms with Crippen molar-refractivity contribution in [3.63, 3.8) is 0 Å². The number of hydrogen-bond acceptors (Lipinski definition) is 3. The Hall–Kier alpha value is -2.95. The minimum atomic E-state index is -0.0767. The van der Waals surface area contributed by atoms with Gasteiger partial charge in [0, 0.05) is 43.3 Å². The molecule has 0 fully saturated rings. The minimum Gasteiger partial charge on any atom is -0.494 e. The first-order chi connectivity index (χ1) is 13.1. The van der Waals surface area contributed by atoms with Gasteiger partial charge in [-0.05, 0) is 55.7 Å². The molecule has 0 saturated heterocycles. The molecule has 0 bridgehead atoms. The molecule has 2 N–H and O–H groups in total. The monoisotopic (exact) mass is 365 g/mol. The lowest BCUT2D eigenvalue weighted by molar-refractivity contribution is 0.0949. The van der Waals surface area contributed by atoms with Gasteiger partial charge in [-0.1, -0.05) is 12.1 Å². The first kappa shape index (κ1) is 18.8. The van der Waals surface area contributed by atoms with Crippen molar-refractivity contribution < 1.29 is 9.53 Å². The number of benzene rings is 2. The van der Waals surface area contributed by atoms with Crippen molar-refractivity contribution in [2.75, 3.05) is 32.1 Å². The summed E-state index contributed by atoms with van der Waals surface area (Å²) >= 11 is 0. The van der Waals surface area contributed by atoms with E-state index in [2.05, 4.69) is 39.5 Å². The number of H-pyrrole nitrogens is 1. The lowest BCUT2D eigenvalue weighted by atomic mass is 10.1. The lowest BCUT2D eigenvalue weighted by Crippen LogP contribution is -2.25. The van der Waals surface area contributed by atoms with Crippen molar-refractivity contribution in [2.45, 2.75) is 19.8 Å². The van der Waals surface area contributed by atoms with Crippen molar-refractivity contribution in [1.29, 1.82) is 0 Å². The predicted molar refractivity (Wildman–Crippen MR) is 111 cm³/mol. The number of hydrogen-bond donors (Lipinski definition) is 2. The Bertz CT molecular complexity index is 898. The van der Waals surface area contributed by atoms with Gasteiger partial charge in [0.25, 0.3) is 5.91 Å². The summed E-state index contributed by atoms with van der Waals surface area (Å²) in [5.41, 5.74) is 3.96. The summed E-state index contributed by atoms with van der Waals surface area (Å²) in [6, 6.07) is 16.2. The lowest BCUT2D eigenvalue weighted by Gasteiger charge is -2.12. The van der Waals surface area contributed by atoms with E-state index in [1.165, 1.54) is 11.3 Å². The topological polar surface area (TPSA) is 57.4 Å². The first-order valence-corrected chi connectivity index (χ1v) is 9.37. The van der Waals surface area contributed by atoms with Gasteiger partial charge in [0.1, 0.15) is 11.4 Å². The van der Waals surface area contributed by atoms with Gasteiger partial charge in [-0.15, -0.1) is 0 Å². The number of aryl methyl sites for hydroxylation is 1. The molecule has 0 unspecified atom stereocenters. The molecule has 142 valence electrons. The number of nitrogens with one attached hydrogen (secondary N) is 2. The molecule has 5 nitrogen and oxygen atoms in total. The van der Waals surface area contributed by atoms with Crippen LogP contribution in [0.5, 0.6) is 5.75 Å². The zero-order chi connectivity index (χ0) is 19.2. The normalized spacial score (nSPS) is 10.8. The van der Waals surface area contributed by atoms with Crippen LogP contribution in [0.4, 0.5) is 5.69 Å². The first-order valence-electron chi connectivity index (χ1n) is 9.37. The molecule has 1 aromatic heterocycles. The van der Waals surface area contributed by atoms with Crippen LogP contribution in [0.2, 0.25) is 0 Å². The third-order valence-corrected chi connectivity index (χ3v) is 4.53. The van der Waals surface area contributed by atoms with Crippen LogP contribution in [-0.4, -0.2) is 38.1 Å². The number of rotatable bonds is 8. The summed E-state index contributed by atoms with van der Waals surface area (Å²) < 4.78 is 5.50. The van der Waals surface area contributed by atoms with E-state index in [0.29, 0.717) is 18.8 Å². The van der Waals surface area contributed by atoms with Crippen molar-refractivity contribution in [3.8, 4) is 5.75 Å². The molecule has 0 saturated carbocycles. The number of fused-ring (bicyclic) bond motifs is 1. The number of carbonyl (C=O) groups excluding carboxylic acids is 1. The van der Waals surface area contributed by atoms with E-state index in [0.717, 1.165) is 29.5 Å². The average molecular weight is 365 g/mol. The highest BCUT2D eigenvalue weighted by atomic mass is 16.5. The maximum atomic E-state index is 12.4. The minimum absolute atomic E-state index is 0.0767. The van der Waals surface area contributed by atoms with Gasteiger partial charge in [-0.25, -0.2) is 0 Å². The van der Waals surface area contributed by atoms with E-state index in [9.17, 15) is 4.79 Å². The van der Waals surface area contributed by atoms with Gasteiger partial charge < -0.3 is 19.9 Å². The van der Waals surface area contributed by atoms with E-state index in [1.807, 2.05) is 45.3 Å². The number of ether oxygens (including phenoxy) is 1. The molecular formula is C22H27N3O2. The molecular weight excluding hydrogens is 338 g/mol. The van der Waals surface area contributed by atoms with Gasteiger partial charge in [0.15, 0.2) is 0 Å². The fraction of sp³-hybridized carbons (Fsp3) is 0.318. The Morgan fingerprint density at radius 3 is 2.59 bits per heavy atom. The van der Waals surface area contributed by atoms with E-state index >= 15 is 0 Å². The number of anilines is 1. The molecule has 0 radical (unpaired) electrons. The van der Waals surface area contributed by atoms with Crippen LogP contribution in [0, 0.1) is 0 Å². The Morgan fingerprint density at radius 1 is 1.11 bits per heavy atom. The maximum Gasteiger partial charge on any atom is 0.267 e. The van der Waals surface area contributed by atoms with Gasteiger partial charge in [0.2, 0.25) is 0 Å². The van der Waals surface area contributed by atoms with Gasteiger partial charge in [-0.2, -0.15) is 0 Å². The van der Waals surface area contributed by atoms with E-state index in [1.54, 1.807) is 0 Å². The van der Waals surface area contributed by atoms with Crippen LogP contribution in [-0.2, 0) is 6.42 Å². The molecule has 0 spiro atoms. The van der Waals surface area contributed by atoms with Crippen molar-refractivity contribution in [3.05, 3.63) is 59.8 Å². The molecule has 0 aliphatic heterocycles. The smallest absolute Gasteiger partial charge is 0.267 e. The molecule has 1 amide bonds. The molecule has 0 atom stereocenters.